The summed E-state index contributed by atoms with van der Waals surface area (Å²) in [4.78, 5) is 12.8. The first kappa shape index (κ1) is 19.2. The molecule has 4 aromatic rings. The van der Waals surface area contributed by atoms with Gasteiger partial charge in [0, 0.05) is 21.6 Å². The molecule has 1 aliphatic rings. The van der Waals surface area contributed by atoms with Crippen LogP contribution in [0.2, 0.25) is 0 Å². The van der Waals surface area contributed by atoms with E-state index >= 15 is 0 Å². The summed E-state index contributed by atoms with van der Waals surface area (Å²) in [6, 6.07) is 21.5. The fraction of sp³-hybridized carbons (Fsp3) is 0.160. The van der Waals surface area contributed by atoms with Gasteiger partial charge in [-0.15, -0.1) is 0 Å². The van der Waals surface area contributed by atoms with E-state index in [1.807, 2.05) is 60.7 Å². The van der Waals surface area contributed by atoms with E-state index in [4.69, 9.17) is 9.15 Å². The SMILES string of the molecule is CNC(=O)c1c(-c2ccc(Oc3ccccc3)cc2)oc2cc(I)c(C3CC3)cc12. The van der Waals surface area contributed by atoms with Crippen molar-refractivity contribution in [3.63, 3.8) is 0 Å². The van der Waals surface area contributed by atoms with E-state index in [-0.39, 0.29) is 5.91 Å². The van der Waals surface area contributed by atoms with Gasteiger partial charge in [-0.1, -0.05) is 18.2 Å². The number of carbonyl (C=O) groups excluding carboxylic acids is 1. The predicted molar refractivity (Wildman–Crippen MR) is 126 cm³/mol. The molecular formula is C25H20INO3. The van der Waals surface area contributed by atoms with Gasteiger partial charge < -0.3 is 14.5 Å². The van der Waals surface area contributed by atoms with Gasteiger partial charge in [0.1, 0.15) is 22.8 Å². The summed E-state index contributed by atoms with van der Waals surface area (Å²) < 4.78 is 13.3. The van der Waals surface area contributed by atoms with Crippen LogP contribution in [-0.4, -0.2) is 13.0 Å². The number of amides is 1. The van der Waals surface area contributed by atoms with E-state index in [0.717, 1.165) is 28.0 Å². The molecule has 30 heavy (non-hydrogen) atoms. The molecule has 5 rings (SSSR count). The molecule has 1 heterocycles. The number of ether oxygens (including phenoxy) is 1. The highest BCUT2D eigenvalue weighted by atomic mass is 127. The quantitative estimate of drug-likeness (QED) is 0.304. The summed E-state index contributed by atoms with van der Waals surface area (Å²) >= 11 is 2.36. The largest absolute Gasteiger partial charge is 0.457 e. The smallest absolute Gasteiger partial charge is 0.255 e. The number of fused-ring (bicyclic) bond motifs is 1. The fourth-order valence-corrected chi connectivity index (χ4v) is 4.57. The van der Waals surface area contributed by atoms with Crippen molar-refractivity contribution in [1.29, 1.82) is 0 Å². The van der Waals surface area contributed by atoms with Crippen molar-refractivity contribution in [3.8, 4) is 22.8 Å². The minimum Gasteiger partial charge on any atom is -0.457 e. The molecule has 0 unspecified atom stereocenters. The third-order valence-electron chi connectivity index (χ3n) is 5.37. The molecule has 0 radical (unpaired) electrons. The van der Waals surface area contributed by atoms with Crippen molar-refractivity contribution >= 4 is 39.5 Å². The highest BCUT2D eigenvalue weighted by Gasteiger charge is 2.29. The fourth-order valence-electron chi connectivity index (χ4n) is 3.69. The number of carbonyl (C=O) groups is 1. The van der Waals surface area contributed by atoms with Crippen molar-refractivity contribution < 1.29 is 13.9 Å². The van der Waals surface area contributed by atoms with Gasteiger partial charge in [-0.3, -0.25) is 4.79 Å². The number of benzene rings is 3. The van der Waals surface area contributed by atoms with E-state index in [2.05, 4.69) is 34.0 Å². The molecule has 0 saturated heterocycles. The average molecular weight is 509 g/mol. The maximum absolute atomic E-state index is 12.8. The number of hydrogen-bond acceptors (Lipinski definition) is 3. The Bertz CT molecular complexity index is 1220. The molecule has 3 aromatic carbocycles. The molecule has 5 heteroatoms. The molecule has 4 nitrogen and oxygen atoms in total. The Hall–Kier alpha value is -2.80. The van der Waals surface area contributed by atoms with E-state index < -0.39 is 0 Å². The monoisotopic (exact) mass is 509 g/mol. The van der Waals surface area contributed by atoms with E-state index in [1.54, 1.807) is 7.05 Å². The summed E-state index contributed by atoms with van der Waals surface area (Å²) in [5.74, 6) is 2.55. The number of nitrogens with one attached hydrogen (secondary N) is 1. The van der Waals surface area contributed by atoms with Gasteiger partial charge in [0.25, 0.3) is 5.91 Å². The van der Waals surface area contributed by atoms with Crippen LogP contribution in [-0.2, 0) is 0 Å². The van der Waals surface area contributed by atoms with E-state index in [0.29, 0.717) is 17.2 Å². The molecule has 1 fully saturated rings. The lowest BCUT2D eigenvalue weighted by Crippen LogP contribution is -2.18. The molecule has 0 aliphatic heterocycles. The third kappa shape index (κ3) is 3.58. The van der Waals surface area contributed by atoms with E-state index in [9.17, 15) is 4.79 Å². The van der Waals surface area contributed by atoms with Crippen molar-refractivity contribution in [2.75, 3.05) is 7.05 Å². The van der Waals surface area contributed by atoms with Crippen LogP contribution in [0.1, 0.15) is 34.7 Å². The van der Waals surface area contributed by atoms with Crippen LogP contribution in [0.15, 0.2) is 71.1 Å². The zero-order chi connectivity index (χ0) is 20.7. The van der Waals surface area contributed by atoms with Crippen LogP contribution in [0.3, 0.4) is 0 Å². The number of furan rings is 1. The summed E-state index contributed by atoms with van der Waals surface area (Å²) in [7, 11) is 1.65. The number of para-hydroxylation sites is 1. The molecule has 1 aromatic heterocycles. The van der Waals surface area contributed by atoms with Gasteiger partial charge in [0.15, 0.2) is 0 Å². The molecule has 150 valence electrons. The minimum atomic E-state index is -0.142. The Morgan fingerprint density at radius 3 is 2.40 bits per heavy atom. The Labute approximate surface area is 188 Å². The summed E-state index contributed by atoms with van der Waals surface area (Å²) in [5, 5.41) is 3.64. The number of rotatable bonds is 5. The predicted octanol–water partition coefficient (Wildman–Crippen LogP) is 6.73. The lowest BCUT2D eigenvalue weighted by Gasteiger charge is -2.07. The van der Waals surface area contributed by atoms with Crippen LogP contribution in [0.5, 0.6) is 11.5 Å². The average Bonchev–Trinajstić information content (AvgIpc) is 3.55. The van der Waals surface area contributed by atoms with Gasteiger partial charge in [-0.25, -0.2) is 0 Å². The third-order valence-corrected chi connectivity index (χ3v) is 6.31. The first-order valence-corrected chi connectivity index (χ1v) is 11.0. The van der Waals surface area contributed by atoms with Crippen molar-refractivity contribution in [3.05, 3.63) is 81.4 Å². The minimum absolute atomic E-state index is 0.142. The van der Waals surface area contributed by atoms with Gasteiger partial charge in [0.05, 0.1) is 5.56 Å². The van der Waals surface area contributed by atoms with Gasteiger partial charge >= 0.3 is 0 Å². The van der Waals surface area contributed by atoms with Gasteiger partial charge in [-0.05, 0) is 95.4 Å². The molecule has 1 amide bonds. The number of halogens is 1. The van der Waals surface area contributed by atoms with Gasteiger partial charge in [0.2, 0.25) is 0 Å². The normalized spacial score (nSPS) is 13.4. The Morgan fingerprint density at radius 1 is 1.03 bits per heavy atom. The van der Waals surface area contributed by atoms with Crippen molar-refractivity contribution in [2.45, 2.75) is 18.8 Å². The molecule has 0 bridgehead atoms. The molecule has 1 saturated carbocycles. The molecule has 0 atom stereocenters. The maximum Gasteiger partial charge on any atom is 0.255 e. The second-order valence-corrected chi connectivity index (χ2v) is 8.63. The first-order chi connectivity index (χ1) is 14.6. The van der Waals surface area contributed by atoms with Gasteiger partial charge in [-0.2, -0.15) is 0 Å². The van der Waals surface area contributed by atoms with Crippen molar-refractivity contribution in [1.82, 2.24) is 5.32 Å². The van der Waals surface area contributed by atoms with Crippen molar-refractivity contribution in [2.24, 2.45) is 0 Å². The lowest BCUT2D eigenvalue weighted by atomic mass is 10.0. The van der Waals surface area contributed by atoms with E-state index in [1.165, 1.54) is 22.0 Å². The maximum atomic E-state index is 12.8. The molecule has 1 aliphatic carbocycles. The van der Waals surface area contributed by atoms with Crippen LogP contribution >= 0.6 is 22.6 Å². The standard InChI is InChI=1S/C25H20INO3/c1-27-25(28)23-20-13-19(15-7-8-15)21(26)14-22(20)30-24(23)16-9-11-18(12-10-16)29-17-5-3-2-4-6-17/h2-6,9-15H,7-8H2,1H3,(H,27,28). The Balaban J connectivity index is 1.56. The molecule has 0 spiro atoms. The first-order valence-electron chi connectivity index (χ1n) is 9.95. The summed E-state index contributed by atoms with van der Waals surface area (Å²) in [5.41, 5.74) is 3.48. The zero-order valence-electron chi connectivity index (χ0n) is 16.4. The topological polar surface area (TPSA) is 51.5 Å². The Morgan fingerprint density at radius 2 is 1.73 bits per heavy atom. The number of hydrogen-bond donors (Lipinski definition) is 1. The molecule has 1 N–H and O–H groups in total. The van der Waals surface area contributed by atoms with Crippen LogP contribution < -0.4 is 10.1 Å². The summed E-state index contributed by atoms with van der Waals surface area (Å²) in [6.07, 6.45) is 2.43. The second-order valence-electron chi connectivity index (χ2n) is 7.47. The van der Waals surface area contributed by atoms with Crippen LogP contribution in [0.25, 0.3) is 22.3 Å². The highest BCUT2D eigenvalue weighted by molar-refractivity contribution is 14.1. The molecular weight excluding hydrogens is 489 g/mol. The summed E-state index contributed by atoms with van der Waals surface area (Å²) in [6.45, 7) is 0. The zero-order valence-corrected chi connectivity index (χ0v) is 18.6. The van der Waals surface area contributed by atoms with Crippen LogP contribution in [0, 0.1) is 3.57 Å². The second kappa shape index (κ2) is 7.80. The van der Waals surface area contributed by atoms with Crippen LogP contribution in [0.4, 0.5) is 0 Å². The lowest BCUT2D eigenvalue weighted by molar-refractivity contribution is 0.0964. The highest BCUT2D eigenvalue weighted by Crippen LogP contribution is 2.45. The Kier molecular flexibility index (Phi) is 4.98.